The lowest BCUT2D eigenvalue weighted by Gasteiger charge is -2.56. The SMILES string of the molecule is CC1(C)CO[C@]2(C)CCCC(C)(C)[C@@H]2C1. The minimum atomic E-state index is 0.164. The molecular weight excluding hydrogens is 184 g/mol. The molecule has 0 aromatic carbocycles. The Bertz CT molecular complexity index is 254. The molecule has 2 atom stereocenters. The van der Waals surface area contributed by atoms with E-state index in [2.05, 4.69) is 34.6 Å². The first-order valence-corrected chi connectivity index (χ1v) is 6.39. The molecule has 1 nitrogen and oxygen atoms in total. The third-order valence-corrected chi connectivity index (χ3v) is 4.72. The fourth-order valence-corrected chi connectivity index (χ4v) is 3.71. The van der Waals surface area contributed by atoms with Crippen molar-refractivity contribution in [3.8, 4) is 0 Å². The topological polar surface area (TPSA) is 9.23 Å². The molecule has 1 heteroatoms. The van der Waals surface area contributed by atoms with E-state index in [4.69, 9.17) is 4.74 Å². The molecule has 0 radical (unpaired) electrons. The Balaban J connectivity index is 2.26. The number of hydrogen-bond donors (Lipinski definition) is 0. The van der Waals surface area contributed by atoms with E-state index in [1.165, 1.54) is 25.7 Å². The third kappa shape index (κ3) is 1.95. The van der Waals surface area contributed by atoms with Gasteiger partial charge in [0.15, 0.2) is 0 Å². The highest BCUT2D eigenvalue weighted by Gasteiger charge is 2.52. The minimum Gasteiger partial charge on any atom is -0.374 e. The van der Waals surface area contributed by atoms with Crippen LogP contribution in [0.25, 0.3) is 0 Å². The standard InChI is InChI=1S/C14H26O/c1-12(2)9-11-13(3,4)7-6-8-14(11,5)15-10-12/h11H,6-10H2,1-5H3/t11-,14+/m0/s1. The summed E-state index contributed by atoms with van der Waals surface area (Å²) in [7, 11) is 0. The van der Waals surface area contributed by atoms with Crippen LogP contribution in [-0.4, -0.2) is 12.2 Å². The number of rotatable bonds is 0. The largest absolute Gasteiger partial charge is 0.374 e. The average molecular weight is 210 g/mol. The molecule has 1 heterocycles. The molecule has 1 saturated heterocycles. The van der Waals surface area contributed by atoms with Gasteiger partial charge in [-0.25, -0.2) is 0 Å². The predicted molar refractivity (Wildman–Crippen MR) is 63.9 cm³/mol. The van der Waals surface area contributed by atoms with Crippen LogP contribution < -0.4 is 0 Å². The molecule has 1 aliphatic carbocycles. The van der Waals surface area contributed by atoms with Crippen molar-refractivity contribution in [3.63, 3.8) is 0 Å². The van der Waals surface area contributed by atoms with Crippen molar-refractivity contribution in [2.75, 3.05) is 6.61 Å². The Morgan fingerprint density at radius 3 is 2.33 bits per heavy atom. The highest BCUT2D eigenvalue weighted by Crippen LogP contribution is 2.55. The number of hydrogen-bond acceptors (Lipinski definition) is 1. The first-order valence-electron chi connectivity index (χ1n) is 6.39. The van der Waals surface area contributed by atoms with Gasteiger partial charge in [-0.2, -0.15) is 0 Å². The second-order valence-corrected chi connectivity index (χ2v) is 7.36. The maximum atomic E-state index is 6.22. The first kappa shape index (κ1) is 11.4. The van der Waals surface area contributed by atoms with Crippen molar-refractivity contribution in [1.29, 1.82) is 0 Å². The van der Waals surface area contributed by atoms with Crippen LogP contribution >= 0.6 is 0 Å². The Morgan fingerprint density at radius 2 is 1.67 bits per heavy atom. The van der Waals surface area contributed by atoms with Crippen LogP contribution in [0.15, 0.2) is 0 Å². The zero-order chi connectivity index (χ0) is 11.3. The minimum absolute atomic E-state index is 0.164. The summed E-state index contributed by atoms with van der Waals surface area (Å²) in [6, 6.07) is 0. The van der Waals surface area contributed by atoms with Gasteiger partial charge in [-0.05, 0) is 42.9 Å². The number of ether oxygens (including phenoxy) is 1. The van der Waals surface area contributed by atoms with Gasteiger partial charge in [0.1, 0.15) is 0 Å². The van der Waals surface area contributed by atoms with E-state index >= 15 is 0 Å². The quantitative estimate of drug-likeness (QED) is 0.587. The van der Waals surface area contributed by atoms with E-state index in [1.54, 1.807) is 0 Å². The molecule has 2 aliphatic rings. The van der Waals surface area contributed by atoms with E-state index in [-0.39, 0.29) is 5.60 Å². The Morgan fingerprint density at radius 1 is 1.00 bits per heavy atom. The molecule has 0 N–H and O–H groups in total. The van der Waals surface area contributed by atoms with Crippen molar-refractivity contribution in [2.45, 2.75) is 65.9 Å². The summed E-state index contributed by atoms with van der Waals surface area (Å²) >= 11 is 0. The Labute approximate surface area is 94.6 Å². The van der Waals surface area contributed by atoms with Crippen molar-refractivity contribution >= 4 is 0 Å². The molecule has 0 bridgehead atoms. The van der Waals surface area contributed by atoms with E-state index < -0.39 is 0 Å². The van der Waals surface area contributed by atoms with Gasteiger partial charge >= 0.3 is 0 Å². The second kappa shape index (κ2) is 3.23. The van der Waals surface area contributed by atoms with Crippen LogP contribution in [0, 0.1) is 16.7 Å². The fraction of sp³-hybridized carbons (Fsp3) is 1.00. The molecule has 1 aliphatic heterocycles. The van der Waals surface area contributed by atoms with Gasteiger partial charge < -0.3 is 4.74 Å². The molecule has 1 saturated carbocycles. The smallest absolute Gasteiger partial charge is 0.0688 e. The van der Waals surface area contributed by atoms with Crippen molar-refractivity contribution < 1.29 is 4.74 Å². The molecule has 0 amide bonds. The van der Waals surface area contributed by atoms with Gasteiger partial charge in [-0.15, -0.1) is 0 Å². The van der Waals surface area contributed by atoms with Crippen molar-refractivity contribution in [1.82, 2.24) is 0 Å². The molecule has 0 aromatic rings. The normalized spacial score (nSPS) is 43.4. The van der Waals surface area contributed by atoms with Gasteiger partial charge in [0.2, 0.25) is 0 Å². The second-order valence-electron chi connectivity index (χ2n) is 7.36. The lowest BCUT2D eigenvalue weighted by atomic mass is 9.56. The molecule has 2 rings (SSSR count). The molecule has 0 spiro atoms. The van der Waals surface area contributed by atoms with Gasteiger partial charge in [-0.3, -0.25) is 0 Å². The average Bonchev–Trinajstić information content (AvgIpc) is 2.08. The molecule has 0 unspecified atom stereocenters. The maximum Gasteiger partial charge on any atom is 0.0688 e. The summed E-state index contributed by atoms with van der Waals surface area (Å²) < 4.78 is 6.22. The van der Waals surface area contributed by atoms with Crippen LogP contribution in [-0.2, 0) is 4.74 Å². The van der Waals surface area contributed by atoms with E-state index in [9.17, 15) is 0 Å². The van der Waals surface area contributed by atoms with Crippen molar-refractivity contribution in [2.24, 2.45) is 16.7 Å². The van der Waals surface area contributed by atoms with Gasteiger partial charge in [0.25, 0.3) is 0 Å². The van der Waals surface area contributed by atoms with Gasteiger partial charge in [0, 0.05) is 0 Å². The van der Waals surface area contributed by atoms with Crippen LogP contribution in [0.3, 0.4) is 0 Å². The molecule has 88 valence electrons. The molecule has 15 heavy (non-hydrogen) atoms. The zero-order valence-corrected chi connectivity index (χ0v) is 11.0. The van der Waals surface area contributed by atoms with Gasteiger partial charge in [-0.1, -0.05) is 34.1 Å². The Kier molecular flexibility index (Phi) is 2.46. The maximum absolute atomic E-state index is 6.22. The van der Waals surface area contributed by atoms with Crippen LogP contribution in [0.2, 0.25) is 0 Å². The van der Waals surface area contributed by atoms with E-state index in [1.807, 2.05) is 0 Å². The molecular formula is C14H26O. The lowest BCUT2D eigenvalue weighted by Crippen LogP contribution is -2.55. The summed E-state index contributed by atoms with van der Waals surface area (Å²) in [4.78, 5) is 0. The van der Waals surface area contributed by atoms with Crippen LogP contribution in [0.1, 0.15) is 60.3 Å². The first-order chi connectivity index (χ1) is 6.75. The van der Waals surface area contributed by atoms with Crippen molar-refractivity contribution in [3.05, 3.63) is 0 Å². The summed E-state index contributed by atoms with van der Waals surface area (Å²) in [6.07, 6.45) is 5.29. The van der Waals surface area contributed by atoms with E-state index in [0.29, 0.717) is 10.8 Å². The summed E-state index contributed by atoms with van der Waals surface area (Å²) in [5, 5.41) is 0. The summed E-state index contributed by atoms with van der Waals surface area (Å²) in [5.41, 5.74) is 1.00. The zero-order valence-electron chi connectivity index (χ0n) is 11.0. The fourth-order valence-electron chi connectivity index (χ4n) is 3.71. The molecule has 2 fully saturated rings. The third-order valence-electron chi connectivity index (χ3n) is 4.72. The van der Waals surface area contributed by atoms with Crippen LogP contribution in [0.5, 0.6) is 0 Å². The molecule has 0 aromatic heterocycles. The summed E-state index contributed by atoms with van der Waals surface area (Å²) in [6.45, 7) is 12.8. The predicted octanol–water partition coefficient (Wildman–Crippen LogP) is 4.02. The van der Waals surface area contributed by atoms with E-state index in [0.717, 1.165) is 12.5 Å². The number of fused-ring (bicyclic) bond motifs is 1. The lowest BCUT2D eigenvalue weighted by molar-refractivity contribution is -0.200. The highest BCUT2D eigenvalue weighted by atomic mass is 16.5. The Hall–Kier alpha value is -0.0400. The van der Waals surface area contributed by atoms with Gasteiger partial charge in [0.05, 0.1) is 12.2 Å². The monoisotopic (exact) mass is 210 g/mol. The highest BCUT2D eigenvalue weighted by molar-refractivity contribution is 5.01. The summed E-state index contributed by atoms with van der Waals surface area (Å²) in [5.74, 6) is 0.738. The van der Waals surface area contributed by atoms with Crippen LogP contribution in [0.4, 0.5) is 0 Å².